The molecule has 1 fully saturated rings. The molecule has 4 heteroatoms. The van der Waals surface area contributed by atoms with Crippen molar-refractivity contribution in [3.63, 3.8) is 0 Å². The summed E-state index contributed by atoms with van der Waals surface area (Å²) in [5, 5.41) is 12.5. The van der Waals surface area contributed by atoms with E-state index in [9.17, 15) is 9.90 Å². The first-order chi connectivity index (χ1) is 8.16. The molecule has 0 spiro atoms. The minimum atomic E-state index is -0.252. The fourth-order valence-corrected chi connectivity index (χ4v) is 2.61. The number of amides is 1. The zero-order valence-corrected chi connectivity index (χ0v) is 11.1. The molecule has 17 heavy (non-hydrogen) atoms. The van der Waals surface area contributed by atoms with Gasteiger partial charge in [0.2, 0.25) is 0 Å². The van der Waals surface area contributed by atoms with E-state index in [1.165, 1.54) is 0 Å². The molecule has 0 aliphatic heterocycles. The summed E-state index contributed by atoms with van der Waals surface area (Å²) in [5.74, 6) is 0.136. The predicted molar refractivity (Wildman–Crippen MR) is 69.8 cm³/mol. The summed E-state index contributed by atoms with van der Waals surface area (Å²) in [5.41, 5.74) is 0.645. The highest BCUT2D eigenvalue weighted by molar-refractivity contribution is 9.10. The second-order valence-corrected chi connectivity index (χ2v) is 5.39. The van der Waals surface area contributed by atoms with Gasteiger partial charge in [0.1, 0.15) is 0 Å². The first-order valence-electron chi connectivity index (χ1n) is 5.88. The lowest BCUT2D eigenvalue weighted by atomic mass is 10.1. The number of halogens is 1. The maximum Gasteiger partial charge on any atom is 0.251 e. The molecule has 1 aliphatic carbocycles. The summed E-state index contributed by atoms with van der Waals surface area (Å²) in [6.07, 6.45) is 2.66. The first-order valence-corrected chi connectivity index (χ1v) is 6.68. The summed E-state index contributed by atoms with van der Waals surface area (Å²) in [6, 6.07) is 7.30. The molecule has 1 saturated carbocycles. The van der Waals surface area contributed by atoms with E-state index in [0.29, 0.717) is 12.1 Å². The molecule has 1 aromatic carbocycles. The maximum atomic E-state index is 11.8. The highest BCUT2D eigenvalue weighted by atomic mass is 79.9. The highest BCUT2D eigenvalue weighted by Crippen LogP contribution is 2.24. The van der Waals surface area contributed by atoms with Gasteiger partial charge in [0.15, 0.2) is 0 Å². The molecule has 0 aromatic heterocycles. The Morgan fingerprint density at radius 3 is 2.94 bits per heavy atom. The fourth-order valence-electron chi connectivity index (χ4n) is 2.21. The van der Waals surface area contributed by atoms with E-state index in [0.717, 1.165) is 23.7 Å². The molecule has 0 heterocycles. The van der Waals surface area contributed by atoms with E-state index < -0.39 is 0 Å². The van der Waals surface area contributed by atoms with Gasteiger partial charge in [0.25, 0.3) is 5.91 Å². The zero-order chi connectivity index (χ0) is 12.3. The van der Waals surface area contributed by atoms with Crippen LogP contribution < -0.4 is 5.32 Å². The second-order valence-electron chi connectivity index (χ2n) is 4.48. The number of rotatable bonds is 3. The number of aliphatic hydroxyl groups is 1. The van der Waals surface area contributed by atoms with Crippen LogP contribution >= 0.6 is 15.9 Å². The SMILES string of the molecule is O=C(NCC1CCCC1O)c1cccc(Br)c1. The van der Waals surface area contributed by atoms with Crippen LogP contribution in [0.5, 0.6) is 0 Å². The number of carbonyl (C=O) groups is 1. The standard InChI is InChI=1S/C13H16BrNO2/c14-11-5-1-3-9(7-11)13(17)15-8-10-4-2-6-12(10)16/h1,3,5,7,10,12,16H,2,4,6,8H2,(H,15,17). The van der Waals surface area contributed by atoms with Crippen molar-refractivity contribution < 1.29 is 9.90 Å². The van der Waals surface area contributed by atoms with Crippen LogP contribution in [0, 0.1) is 5.92 Å². The number of hydrogen-bond acceptors (Lipinski definition) is 2. The molecule has 2 unspecified atom stereocenters. The molecular weight excluding hydrogens is 282 g/mol. The lowest BCUT2D eigenvalue weighted by molar-refractivity contribution is 0.0916. The first kappa shape index (κ1) is 12.6. The van der Waals surface area contributed by atoms with Crippen molar-refractivity contribution in [1.29, 1.82) is 0 Å². The number of aliphatic hydroxyl groups excluding tert-OH is 1. The monoisotopic (exact) mass is 297 g/mol. The number of carbonyl (C=O) groups excluding carboxylic acids is 1. The van der Waals surface area contributed by atoms with Gasteiger partial charge in [-0.2, -0.15) is 0 Å². The van der Waals surface area contributed by atoms with Gasteiger partial charge < -0.3 is 10.4 Å². The molecule has 2 N–H and O–H groups in total. The van der Waals surface area contributed by atoms with E-state index in [-0.39, 0.29) is 17.9 Å². The van der Waals surface area contributed by atoms with Crippen molar-refractivity contribution in [2.24, 2.45) is 5.92 Å². The van der Waals surface area contributed by atoms with E-state index in [1.807, 2.05) is 12.1 Å². The van der Waals surface area contributed by atoms with Gasteiger partial charge >= 0.3 is 0 Å². The van der Waals surface area contributed by atoms with Gasteiger partial charge in [-0.15, -0.1) is 0 Å². The molecule has 3 nitrogen and oxygen atoms in total. The maximum absolute atomic E-state index is 11.8. The molecular formula is C13H16BrNO2. The van der Waals surface area contributed by atoms with Crippen molar-refractivity contribution in [1.82, 2.24) is 5.32 Å². The van der Waals surface area contributed by atoms with E-state index in [2.05, 4.69) is 21.2 Å². The summed E-state index contributed by atoms with van der Waals surface area (Å²) < 4.78 is 0.894. The van der Waals surface area contributed by atoms with Gasteiger partial charge in [-0.25, -0.2) is 0 Å². The van der Waals surface area contributed by atoms with Crippen molar-refractivity contribution in [2.75, 3.05) is 6.54 Å². The largest absolute Gasteiger partial charge is 0.393 e. The van der Waals surface area contributed by atoms with Crippen LogP contribution in [-0.2, 0) is 0 Å². The van der Waals surface area contributed by atoms with E-state index in [1.54, 1.807) is 12.1 Å². The molecule has 92 valence electrons. The van der Waals surface area contributed by atoms with Gasteiger partial charge in [0.05, 0.1) is 6.10 Å². The van der Waals surface area contributed by atoms with Gasteiger partial charge in [-0.1, -0.05) is 28.4 Å². The van der Waals surface area contributed by atoms with Crippen LogP contribution in [0.3, 0.4) is 0 Å². The Hall–Kier alpha value is -0.870. The summed E-state index contributed by atoms with van der Waals surface area (Å²) in [6.45, 7) is 0.562. The van der Waals surface area contributed by atoms with E-state index >= 15 is 0 Å². The van der Waals surface area contributed by atoms with Gasteiger partial charge in [-0.3, -0.25) is 4.79 Å². The van der Waals surface area contributed by atoms with Crippen LogP contribution in [0.2, 0.25) is 0 Å². The van der Waals surface area contributed by atoms with Crippen LogP contribution in [0.15, 0.2) is 28.7 Å². The quantitative estimate of drug-likeness (QED) is 0.900. The van der Waals surface area contributed by atoms with Gasteiger partial charge in [-0.05, 0) is 31.0 Å². The third kappa shape index (κ3) is 3.30. The summed E-state index contributed by atoms with van der Waals surface area (Å²) >= 11 is 3.34. The Bertz CT molecular complexity index is 408. The lowest BCUT2D eigenvalue weighted by Gasteiger charge is -2.15. The Balaban J connectivity index is 1.89. The third-order valence-electron chi connectivity index (χ3n) is 3.23. The third-order valence-corrected chi connectivity index (χ3v) is 3.72. The van der Waals surface area contributed by atoms with Crippen LogP contribution in [0.25, 0.3) is 0 Å². The highest BCUT2D eigenvalue weighted by Gasteiger charge is 2.25. The molecule has 0 bridgehead atoms. The molecule has 1 aliphatic rings. The van der Waals surface area contributed by atoms with Crippen molar-refractivity contribution in [2.45, 2.75) is 25.4 Å². The fraction of sp³-hybridized carbons (Fsp3) is 0.462. The molecule has 2 rings (SSSR count). The van der Waals surface area contributed by atoms with Crippen LogP contribution in [0.4, 0.5) is 0 Å². The van der Waals surface area contributed by atoms with Crippen molar-refractivity contribution in [3.8, 4) is 0 Å². The lowest BCUT2D eigenvalue weighted by Crippen LogP contribution is -2.32. The smallest absolute Gasteiger partial charge is 0.251 e. The average molecular weight is 298 g/mol. The van der Waals surface area contributed by atoms with Crippen molar-refractivity contribution >= 4 is 21.8 Å². The number of hydrogen-bond donors (Lipinski definition) is 2. The minimum Gasteiger partial charge on any atom is -0.393 e. The molecule has 0 radical (unpaired) electrons. The molecule has 1 amide bonds. The van der Waals surface area contributed by atoms with Gasteiger partial charge in [0, 0.05) is 22.5 Å². The Morgan fingerprint density at radius 2 is 2.29 bits per heavy atom. The predicted octanol–water partition coefficient (Wildman–Crippen LogP) is 2.34. The Labute approximate surface area is 109 Å². The number of nitrogens with one attached hydrogen (secondary N) is 1. The molecule has 2 atom stereocenters. The van der Waals surface area contributed by atoms with Crippen LogP contribution in [0.1, 0.15) is 29.6 Å². The number of benzene rings is 1. The second kappa shape index (κ2) is 5.65. The Morgan fingerprint density at radius 1 is 1.47 bits per heavy atom. The summed E-state index contributed by atoms with van der Waals surface area (Å²) in [4.78, 5) is 11.8. The molecule has 0 saturated heterocycles. The van der Waals surface area contributed by atoms with E-state index in [4.69, 9.17) is 0 Å². The minimum absolute atomic E-state index is 0.0783. The van der Waals surface area contributed by atoms with Crippen molar-refractivity contribution in [3.05, 3.63) is 34.3 Å². The zero-order valence-electron chi connectivity index (χ0n) is 9.53. The normalized spacial score (nSPS) is 23.6. The Kier molecular flexibility index (Phi) is 4.18. The van der Waals surface area contributed by atoms with Crippen LogP contribution in [-0.4, -0.2) is 23.7 Å². The molecule has 1 aromatic rings. The topological polar surface area (TPSA) is 49.3 Å². The average Bonchev–Trinajstić information content (AvgIpc) is 2.72. The summed E-state index contributed by atoms with van der Waals surface area (Å²) in [7, 11) is 0.